The molecule has 0 aliphatic heterocycles. The third kappa shape index (κ3) is 12.9. The number of nitrogens with one attached hydrogen (secondary N) is 1. The van der Waals surface area contributed by atoms with Gasteiger partial charge in [0.05, 0.1) is 24.8 Å². The third-order valence-corrected chi connectivity index (χ3v) is 9.56. The summed E-state index contributed by atoms with van der Waals surface area (Å²) in [5.41, 5.74) is 5.79. The highest BCUT2D eigenvalue weighted by molar-refractivity contribution is 7.90. The molecule has 1 N–H and O–H groups in total. The summed E-state index contributed by atoms with van der Waals surface area (Å²) in [6.07, 6.45) is 10.2. The second kappa shape index (κ2) is 20.7. The van der Waals surface area contributed by atoms with E-state index in [1.165, 1.54) is 0 Å². The molecule has 0 spiro atoms. The summed E-state index contributed by atoms with van der Waals surface area (Å²) in [7, 11) is 0. The maximum atomic E-state index is 13.2. The minimum atomic E-state index is -1.22. The molecule has 8 nitrogen and oxygen atoms in total. The van der Waals surface area contributed by atoms with E-state index in [4.69, 9.17) is 9.47 Å². The first kappa shape index (κ1) is 39.7. The van der Waals surface area contributed by atoms with Crippen LogP contribution in [0.15, 0.2) is 90.2 Å². The molecule has 9 heteroatoms. The fourth-order valence-corrected chi connectivity index (χ4v) is 6.90. The molecule has 1 atom stereocenters. The van der Waals surface area contributed by atoms with Gasteiger partial charge in [-0.2, -0.15) is 0 Å². The van der Waals surface area contributed by atoms with Crippen molar-refractivity contribution in [1.82, 2.24) is 9.55 Å². The molecule has 0 aliphatic rings. The Morgan fingerprint density at radius 2 is 1.63 bits per heavy atom. The maximum Gasteiger partial charge on any atom is 0.248 e. The van der Waals surface area contributed by atoms with E-state index in [2.05, 4.69) is 87.1 Å². The average Bonchev–Trinajstić information content (AvgIpc) is 3.55. The van der Waals surface area contributed by atoms with Gasteiger partial charge in [-0.05, 0) is 107 Å². The Morgan fingerprint density at radius 3 is 2.29 bits per heavy atom. The molecule has 4 rings (SSSR count). The number of carbonyl (C=O) groups excluding carboxylic acids is 1. The van der Waals surface area contributed by atoms with Crippen molar-refractivity contribution in [3.05, 3.63) is 96.6 Å². The molecule has 51 heavy (non-hydrogen) atoms. The van der Waals surface area contributed by atoms with Crippen LogP contribution in [0.5, 0.6) is 5.75 Å². The van der Waals surface area contributed by atoms with E-state index in [-0.39, 0.29) is 5.91 Å². The predicted octanol–water partition coefficient (Wildman–Crippen LogP) is 9.23. The number of nitrogens with zero attached hydrogens (tertiary/aromatic N) is 3. The molecule has 274 valence electrons. The standard InChI is InChI=1S/C42H56N4O4S/c1-7-9-23-49-24-25-50-39-16-10-34(11-17-39)35-12-20-41(46(28-32(3)4)29-33(5)6)36(26-35)13-21-42(47)44-37-14-18-40(19-15-37)51(48)30-38-27-43-31-45(38)22-8-2/h10-21,26-27,31-33H,7-9,22-25,28-30H2,1-6H3,(H,44,47). The largest absolute Gasteiger partial charge is 0.611 e. The monoisotopic (exact) mass is 712 g/mol. The second-order valence-corrected chi connectivity index (χ2v) is 15.2. The lowest BCUT2D eigenvalue weighted by molar-refractivity contribution is -0.111. The number of rotatable bonds is 21. The van der Waals surface area contributed by atoms with Crippen LogP contribution in [-0.4, -0.2) is 52.9 Å². The van der Waals surface area contributed by atoms with Gasteiger partial charge in [0.25, 0.3) is 0 Å². The molecule has 1 unspecified atom stereocenters. The number of benzene rings is 3. The number of aromatic nitrogens is 2. The number of unbranched alkanes of at least 4 members (excludes halogenated alkanes) is 1. The molecule has 0 fully saturated rings. The molecule has 1 aromatic heterocycles. The van der Waals surface area contributed by atoms with Crippen LogP contribution in [0, 0.1) is 11.8 Å². The molecule has 3 aromatic carbocycles. The number of ether oxygens (including phenoxy) is 2. The van der Waals surface area contributed by atoms with Crippen molar-refractivity contribution in [2.45, 2.75) is 78.0 Å². The summed E-state index contributed by atoms with van der Waals surface area (Å²) < 4.78 is 26.6. The summed E-state index contributed by atoms with van der Waals surface area (Å²) in [5.74, 6) is 1.92. The highest BCUT2D eigenvalue weighted by atomic mass is 32.2. The van der Waals surface area contributed by atoms with E-state index in [0.29, 0.717) is 41.4 Å². The smallest absolute Gasteiger partial charge is 0.248 e. The van der Waals surface area contributed by atoms with Gasteiger partial charge in [-0.3, -0.25) is 4.79 Å². The van der Waals surface area contributed by atoms with E-state index in [1.807, 2.05) is 34.9 Å². The Kier molecular flexibility index (Phi) is 16.1. The first-order valence-corrected chi connectivity index (χ1v) is 19.6. The maximum absolute atomic E-state index is 13.2. The summed E-state index contributed by atoms with van der Waals surface area (Å²) in [6, 6.07) is 21.8. The number of amides is 1. The minimum absolute atomic E-state index is 0.233. The lowest BCUT2D eigenvalue weighted by Crippen LogP contribution is -2.31. The quantitative estimate of drug-likeness (QED) is 0.0526. The van der Waals surface area contributed by atoms with E-state index in [0.717, 1.165) is 79.3 Å². The van der Waals surface area contributed by atoms with Crippen LogP contribution >= 0.6 is 0 Å². The molecule has 1 heterocycles. The topological polar surface area (TPSA) is 91.7 Å². The lowest BCUT2D eigenvalue weighted by atomic mass is 9.99. The van der Waals surface area contributed by atoms with E-state index in [1.54, 1.807) is 30.7 Å². The van der Waals surface area contributed by atoms with Crippen LogP contribution in [0.2, 0.25) is 0 Å². The summed E-state index contributed by atoms with van der Waals surface area (Å²) in [6.45, 7) is 17.7. The van der Waals surface area contributed by atoms with E-state index in [9.17, 15) is 9.35 Å². The number of imidazole rings is 1. The fourth-order valence-electron chi connectivity index (χ4n) is 5.79. The number of aryl methyl sites for hydroxylation is 1. The number of carbonyl (C=O) groups is 1. The number of hydrogen-bond acceptors (Lipinski definition) is 6. The van der Waals surface area contributed by atoms with Crippen molar-refractivity contribution in [3.63, 3.8) is 0 Å². The highest BCUT2D eigenvalue weighted by Crippen LogP contribution is 2.31. The van der Waals surface area contributed by atoms with Gasteiger partial charge in [0.2, 0.25) is 5.91 Å². The number of hydrogen-bond donors (Lipinski definition) is 1. The molecular formula is C42H56N4O4S. The Labute approximate surface area is 308 Å². The third-order valence-electron chi connectivity index (χ3n) is 8.21. The van der Waals surface area contributed by atoms with Crippen molar-refractivity contribution in [1.29, 1.82) is 0 Å². The molecule has 1 amide bonds. The van der Waals surface area contributed by atoms with Gasteiger partial charge in [-0.1, -0.05) is 66.2 Å². The molecular weight excluding hydrogens is 657 g/mol. The van der Waals surface area contributed by atoms with Crippen LogP contribution in [0.4, 0.5) is 11.4 Å². The fraction of sp³-hybridized carbons (Fsp3) is 0.429. The van der Waals surface area contributed by atoms with Crippen molar-refractivity contribution < 1.29 is 18.8 Å². The summed E-state index contributed by atoms with van der Waals surface area (Å²) in [4.78, 5) is 20.5. The van der Waals surface area contributed by atoms with Gasteiger partial charge in [0.1, 0.15) is 12.4 Å². The van der Waals surface area contributed by atoms with Gasteiger partial charge in [-0.15, -0.1) is 0 Å². The van der Waals surface area contributed by atoms with Crippen LogP contribution in [0.25, 0.3) is 17.2 Å². The average molecular weight is 713 g/mol. The van der Waals surface area contributed by atoms with Gasteiger partial charge in [0.15, 0.2) is 10.6 Å². The van der Waals surface area contributed by atoms with Gasteiger partial charge < -0.3 is 28.8 Å². The summed E-state index contributed by atoms with van der Waals surface area (Å²) in [5, 5.41) is 2.97. The normalized spacial score (nSPS) is 12.2. The first-order valence-electron chi connectivity index (χ1n) is 18.3. The molecule has 0 saturated heterocycles. The van der Waals surface area contributed by atoms with Crippen LogP contribution < -0.4 is 15.0 Å². The molecule has 0 saturated carbocycles. The van der Waals surface area contributed by atoms with E-state index >= 15 is 0 Å². The lowest BCUT2D eigenvalue weighted by Gasteiger charge is -2.30. The SMILES string of the molecule is CCCCOCCOc1ccc(-c2ccc(N(CC(C)C)CC(C)C)c(C=CC(=O)Nc3ccc([S+]([O-])Cc4cncn4CCC)cc3)c2)cc1. The van der Waals surface area contributed by atoms with Gasteiger partial charge >= 0.3 is 0 Å². The number of anilines is 2. The molecule has 0 radical (unpaired) electrons. The first-order chi connectivity index (χ1) is 24.7. The highest BCUT2D eigenvalue weighted by Gasteiger charge is 2.17. The molecule has 4 aromatic rings. The zero-order valence-electron chi connectivity index (χ0n) is 31.3. The van der Waals surface area contributed by atoms with Crippen molar-refractivity contribution >= 4 is 34.5 Å². The van der Waals surface area contributed by atoms with Gasteiger partial charge in [-0.25, -0.2) is 4.98 Å². The zero-order chi connectivity index (χ0) is 36.6. The Balaban J connectivity index is 1.48. The van der Waals surface area contributed by atoms with Crippen molar-refractivity contribution in [3.8, 4) is 16.9 Å². The van der Waals surface area contributed by atoms with E-state index < -0.39 is 11.2 Å². The van der Waals surface area contributed by atoms with Crippen molar-refractivity contribution in [2.24, 2.45) is 11.8 Å². The van der Waals surface area contributed by atoms with Crippen LogP contribution in [0.1, 0.15) is 72.1 Å². The minimum Gasteiger partial charge on any atom is -0.611 e. The van der Waals surface area contributed by atoms with Crippen LogP contribution in [-0.2, 0) is 33.0 Å². The summed E-state index contributed by atoms with van der Waals surface area (Å²) >= 11 is -1.22. The zero-order valence-corrected chi connectivity index (χ0v) is 32.1. The Bertz CT molecular complexity index is 1640. The second-order valence-electron chi connectivity index (χ2n) is 13.7. The molecule has 0 aliphatic carbocycles. The van der Waals surface area contributed by atoms with Crippen LogP contribution in [0.3, 0.4) is 0 Å². The Morgan fingerprint density at radius 1 is 0.922 bits per heavy atom. The Hall–Kier alpha value is -4.05. The molecule has 0 bridgehead atoms. The van der Waals surface area contributed by atoms with Crippen molar-refractivity contribution in [2.75, 3.05) is 43.1 Å². The van der Waals surface area contributed by atoms with Gasteiger partial charge in [0, 0.05) is 43.7 Å². The predicted molar refractivity (Wildman–Crippen MR) is 212 cm³/mol.